The largest absolute Gasteiger partial charge is 0.496 e. The number of aromatic nitrogens is 1. The van der Waals surface area contributed by atoms with E-state index in [1.807, 2.05) is 54.6 Å². The number of methoxy groups -OCH3 is 2. The van der Waals surface area contributed by atoms with Gasteiger partial charge in [-0.25, -0.2) is 4.98 Å². The van der Waals surface area contributed by atoms with Crippen LogP contribution in [0.3, 0.4) is 0 Å². The Bertz CT molecular complexity index is 836. The molecule has 3 aromatic rings. The van der Waals surface area contributed by atoms with Gasteiger partial charge in [0.2, 0.25) is 0 Å². The van der Waals surface area contributed by atoms with Crippen molar-refractivity contribution in [3.05, 3.63) is 60.2 Å². The average molecular weight is 338 g/mol. The molecule has 0 fully saturated rings. The number of fused-ring (bicyclic) bond motifs is 1. The normalized spacial score (nSPS) is 10.6. The highest BCUT2D eigenvalue weighted by Crippen LogP contribution is 2.26. The number of pyridine rings is 1. The van der Waals surface area contributed by atoms with Gasteiger partial charge in [0.25, 0.3) is 0 Å². The van der Waals surface area contributed by atoms with Crippen molar-refractivity contribution < 1.29 is 14.2 Å². The van der Waals surface area contributed by atoms with Crippen LogP contribution in [-0.4, -0.2) is 32.4 Å². The first-order chi connectivity index (χ1) is 12.3. The topological polar surface area (TPSA) is 52.6 Å². The number of benzene rings is 2. The van der Waals surface area contributed by atoms with Crippen LogP contribution in [0.4, 0.5) is 5.82 Å². The summed E-state index contributed by atoms with van der Waals surface area (Å²) in [5, 5.41) is 4.34. The van der Waals surface area contributed by atoms with Crippen molar-refractivity contribution in [3.63, 3.8) is 0 Å². The first-order valence-electron chi connectivity index (χ1n) is 8.19. The third kappa shape index (κ3) is 4.19. The highest BCUT2D eigenvalue weighted by Gasteiger charge is 2.06. The molecule has 5 heteroatoms. The molecular formula is C20H22N2O3. The van der Waals surface area contributed by atoms with E-state index in [9.17, 15) is 0 Å². The minimum atomic E-state index is 0.517. The van der Waals surface area contributed by atoms with E-state index in [4.69, 9.17) is 14.2 Å². The Kier molecular flexibility index (Phi) is 5.69. The van der Waals surface area contributed by atoms with E-state index in [0.29, 0.717) is 19.8 Å². The molecule has 1 N–H and O–H groups in total. The zero-order chi connectivity index (χ0) is 17.5. The van der Waals surface area contributed by atoms with Crippen molar-refractivity contribution in [1.29, 1.82) is 0 Å². The molecule has 5 nitrogen and oxygen atoms in total. The maximum absolute atomic E-state index is 5.76. The van der Waals surface area contributed by atoms with Crippen molar-refractivity contribution in [2.75, 3.05) is 32.8 Å². The summed E-state index contributed by atoms with van der Waals surface area (Å²) in [6.07, 6.45) is 0. The molecule has 3 rings (SSSR count). The molecule has 0 aliphatic carbocycles. The van der Waals surface area contributed by atoms with Gasteiger partial charge in [0.15, 0.2) is 0 Å². The Morgan fingerprint density at radius 2 is 1.72 bits per heavy atom. The minimum absolute atomic E-state index is 0.517. The predicted molar refractivity (Wildman–Crippen MR) is 99.4 cm³/mol. The van der Waals surface area contributed by atoms with Crippen LogP contribution in [0.1, 0.15) is 5.56 Å². The number of ether oxygens (including phenoxy) is 3. The van der Waals surface area contributed by atoms with E-state index in [2.05, 4.69) is 10.3 Å². The van der Waals surface area contributed by atoms with Gasteiger partial charge in [0, 0.05) is 24.6 Å². The van der Waals surface area contributed by atoms with Gasteiger partial charge in [-0.1, -0.05) is 24.3 Å². The van der Waals surface area contributed by atoms with Crippen molar-refractivity contribution in [1.82, 2.24) is 4.98 Å². The van der Waals surface area contributed by atoms with Crippen molar-refractivity contribution in [3.8, 4) is 11.5 Å². The van der Waals surface area contributed by atoms with Crippen molar-refractivity contribution in [2.24, 2.45) is 0 Å². The van der Waals surface area contributed by atoms with Crippen LogP contribution in [-0.2, 0) is 11.3 Å². The molecule has 2 aromatic carbocycles. The second-order valence-corrected chi connectivity index (χ2v) is 5.53. The molecule has 0 amide bonds. The van der Waals surface area contributed by atoms with E-state index < -0.39 is 0 Å². The molecule has 0 atom stereocenters. The van der Waals surface area contributed by atoms with Gasteiger partial charge < -0.3 is 19.5 Å². The van der Waals surface area contributed by atoms with Gasteiger partial charge >= 0.3 is 0 Å². The summed E-state index contributed by atoms with van der Waals surface area (Å²) in [6, 6.07) is 17.8. The molecule has 1 aromatic heterocycles. The standard InChI is InChI=1S/C20H22N2O3/c1-23-12-13-25-19-9-5-7-17-16(19)10-11-20(22-17)21-14-15-6-3-4-8-18(15)24-2/h3-11H,12-14H2,1-2H3,(H,21,22). The first kappa shape index (κ1) is 17.0. The Morgan fingerprint density at radius 1 is 0.880 bits per heavy atom. The average Bonchev–Trinajstić information content (AvgIpc) is 2.66. The highest BCUT2D eigenvalue weighted by atomic mass is 16.5. The predicted octanol–water partition coefficient (Wildman–Crippen LogP) is 3.88. The molecule has 130 valence electrons. The smallest absolute Gasteiger partial charge is 0.128 e. The quantitative estimate of drug-likeness (QED) is 0.632. The summed E-state index contributed by atoms with van der Waals surface area (Å²) in [4.78, 5) is 4.67. The molecule has 0 saturated carbocycles. The monoisotopic (exact) mass is 338 g/mol. The Balaban J connectivity index is 1.75. The van der Waals surface area contributed by atoms with E-state index in [1.54, 1.807) is 14.2 Å². The van der Waals surface area contributed by atoms with E-state index in [0.717, 1.165) is 33.8 Å². The molecule has 0 bridgehead atoms. The van der Waals surface area contributed by atoms with Gasteiger partial charge in [0.1, 0.15) is 23.9 Å². The third-order valence-corrected chi connectivity index (χ3v) is 3.89. The maximum atomic E-state index is 5.76. The third-order valence-electron chi connectivity index (χ3n) is 3.89. The van der Waals surface area contributed by atoms with Crippen LogP contribution in [0, 0.1) is 0 Å². The lowest BCUT2D eigenvalue weighted by molar-refractivity contribution is 0.147. The molecule has 0 radical (unpaired) electrons. The molecule has 0 spiro atoms. The fourth-order valence-electron chi connectivity index (χ4n) is 2.62. The summed E-state index contributed by atoms with van der Waals surface area (Å²) in [7, 11) is 3.34. The van der Waals surface area contributed by atoms with Crippen LogP contribution in [0.15, 0.2) is 54.6 Å². The Hall–Kier alpha value is -2.79. The van der Waals surface area contributed by atoms with Gasteiger partial charge in [-0.15, -0.1) is 0 Å². The SMILES string of the molecule is COCCOc1cccc2nc(NCc3ccccc3OC)ccc12. The number of anilines is 1. The number of nitrogens with one attached hydrogen (secondary N) is 1. The summed E-state index contributed by atoms with van der Waals surface area (Å²) >= 11 is 0. The number of para-hydroxylation sites is 1. The lowest BCUT2D eigenvalue weighted by atomic mass is 10.2. The molecule has 0 unspecified atom stereocenters. The minimum Gasteiger partial charge on any atom is -0.496 e. The second-order valence-electron chi connectivity index (χ2n) is 5.53. The van der Waals surface area contributed by atoms with Gasteiger partial charge in [0.05, 0.1) is 19.2 Å². The molecular weight excluding hydrogens is 316 g/mol. The van der Waals surface area contributed by atoms with E-state index in [-0.39, 0.29) is 0 Å². The molecule has 0 aliphatic rings. The lowest BCUT2D eigenvalue weighted by Crippen LogP contribution is -2.05. The summed E-state index contributed by atoms with van der Waals surface area (Å²) < 4.78 is 16.2. The van der Waals surface area contributed by atoms with Gasteiger partial charge in [-0.05, 0) is 30.3 Å². The lowest BCUT2D eigenvalue weighted by Gasteiger charge is -2.12. The first-order valence-corrected chi connectivity index (χ1v) is 8.19. The van der Waals surface area contributed by atoms with Crippen LogP contribution in [0.5, 0.6) is 11.5 Å². The molecule has 0 saturated heterocycles. The molecule has 0 aliphatic heterocycles. The Morgan fingerprint density at radius 3 is 2.56 bits per heavy atom. The van der Waals surface area contributed by atoms with E-state index >= 15 is 0 Å². The van der Waals surface area contributed by atoms with Crippen molar-refractivity contribution >= 4 is 16.7 Å². The Labute approximate surface area is 147 Å². The number of rotatable bonds is 8. The molecule has 25 heavy (non-hydrogen) atoms. The zero-order valence-electron chi connectivity index (χ0n) is 14.5. The maximum Gasteiger partial charge on any atom is 0.128 e. The molecule has 1 heterocycles. The fourth-order valence-corrected chi connectivity index (χ4v) is 2.62. The van der Waals surface area contributed by atoms with Crippen molar-refractivity contribution in [2.45, 2.75) is 6.54 Å². The summed E-state index contributed by atoms with van der Waals surface area (Å²) in [6.45, 7) is 1.72. The van der Waals surface area contributed by atoms with Crippen LogP contribution >= 0.6 is 0 Å². The number of hydrogen-bond acceptors (Lipinski definition) is 5. The fraction of sp³-hybridized carbons (Fsp3) is 0.250. The van der Waals surface area contributed by atoms with Crippen LogP contribution < -0.4 is 14.8 Å². The van der Waals surface area contributed by atoms with E-state index in [1.165, 1.54) is 0 Å². The zero-order valence-corrected chi connectivity index (χ0v) is 14.5. The summed E-state index contributed by atoms with van der Waals surface area (Å²) in [5.41, 5.74) is 1.98. The van der Waals surface area contributed by atoms with Gasteiger partial charge in [-0.2, -0.15) is 0 Å². The van der Waals surface area contributed by atoms with Gasteiger partial charge in [-0.3, -0.25) is 0 Å². The number of hydrogen-bond donors (Lipinski definition) is 1. The summed E-state index contributed by atoms with van der Waals surface area (Å²) in [5.74, 6) is 2.50. The number of nitrogens with zero attached hydrogens (tertiary/aromatic N) is 1. The van der Waals surface area contributed by atoms with Crippen LogP contribution in [0.2, 0.25) is 0 Å². The second kappa shape index (κ2) is 8.35. The van der Waals surface area contributed by atoms with Crippen LogP contribution in [0.25, 0.3) is 10.9 Å². The highest BCUT2D eigenvalue weighted by molar-refractivity contribution is 5.86.